The van der Waals surface area contributed by atoms with E-state index in [-0.39, 0.29) is 11.9 Å². The molecule has 1 aromatic heterocycles. The molecule has 1 N–H and O–H groups in total. The predicted octanol–water partition coefficient (Wildman–Crippen LogP) is 5.05. The summed E-state index contributed by atoms with van der Waals surface area (Å²) in [4.78, 5) is 0. The van der Waals surface area contributed by atoms with Gasteiger partial charge in [-0.1, -0.05) is 24.3 Å². The van der Waals surface area contributed by atoms with Gasteiger partial charge in [0.25, 0.3) is 0 Å². The van der Waals surface area contributed by atoms with E-state index in [9.17, 15) is 4.39 Å². The second-order valence-electron chi connectivity index (χ2n) is 5.02. The molecule has 0 aliphatic carbocycles. The minimum Gasteiger partial charge on any atom is -0.459 e. The lowest BCUT2D eigenvalue weighted by Gasteiger charge is -2.13. The highest BCUT2D eigenvalue weighted by Gasteiger charge is 2.11. The number of aryl methyl sites for hydroxylation is 1. The molecule has 0 aliphatic heterocycles. The molecule has 102 valence electrons. The van der Waals surface area contributed by atoms with Crippen LogP contribution in [0.4, 0.5) is 10.1 Å². The van der Waals surface area contributed by atoms with Gasteiger partial charge in [-0.2, -0.15) is 0 Å². The Labute approximate surface area is 117 Å². The summed E-state index contributed by atoms with van der Waals surface area (Å²) in [6.45, 7) is 3.75. The van der Waals surface area contributed by atoms with Crippen molar-refractivity contribution in [2.45, 2.75) is 19.9 Å². The molecule has 2 nitrogen and oxygen atoms in total. The van der Waals surface area contributed by atoms with Crippen LogP contribution in [0.3, 0.4) is 0 Å². The molecule has 0 bridgehead atoms. The van der Waals surface area contributed by atoms with Crippen LogP contribution >= 0.6 is 0 Å². The molecule has 3 rings (SSSR count). The molecule has 0 spiro atoms. The second kappa shape index (κ2) is 5.00. The van der Waals surface area contributed by atoms with Gasteiger partial charge < -0.3 is 9.73 Å². The van der Waals surface area contributed by atoms with Crippen LogP contribution in [0.25, 0.3) is 11.0 Å². The van der Waals surface area contributed by atoms with E-state index in [1.165, 1.54) is 6.07 Å². The summed E-state index contributed by atoms with van der Waals surface area (Å²) in [6.07, 6.45) is 0. The molecular weight excluding hydrogens is 253 g/mol. The van der Waals surface area contributed by atoms with Crippen molar-refractivity contribution < 1.29 is 8.81 Å². The Bertz CT molecular complexity index is 715. The van der Waals surface area contributed by atoms with Crippen LogP contribution < -0.4 is 5.32 Å². The van der Waals surface area contributed by atoms with Gasteiger partial charge in [0.1, 0.15) is 17.2 Å². The van der Waals surface area contributed by atoms with Gasteiger partial charge in [-0.25, -0.2) is 4.39 Å². The van der Waals surface area contributed by atoms with Gasteiger partial charge >= 0.3 is 0 Å². The quantitative estimate of drug-likeness (QED) is 0.719. The number of anilines is 1. The average Bonchev–Trinajstić information content (AvgIpc) is 2.87. The number of rotatable bonds is 3. The third-order valence-electron chi connectivity index (χ3n) is 3.43. The van der Waals surface area contributed by atoms with Crippen molar-refractivity contribution in [3.63, 3.8) is 0 Å². The minimum atomic E-state index is -0.202. The van der Waals surface area contributed by atoms with Crippen molar-refractivity contribution in [3.8, 4) is 0 Å². The maximum atomic E-state index is 13.5. The number of hydrogen-bond donors (Lipinski definition) is 1. The monoisotopic (exact) mass is 269 g/mol. The Morgan fingerprint density at radius 3 is 2.65 bits per heavy atom. The molecular formula is C17H16FNO. The topological polar surface area (TPSA) is 25.2 Å². The zero-order chi connectivity index (χ0) is 14.1. The summed E-state index contributed by atoms with van der Waals surface area (Å²) in [7, 11) is 0. The third kappa shape index (κ3) is 2.39. The third-order valence-corrected chi connectivity index (χ3v) is 3.43. The van der Waals surface area contributed by atoms with Crippen LogP contribution in [0, 0.1) is 12.7 Å². The van der Waals surface area contributed by atoms with Crippen molar-refractivity contribution in [1.29, 1.82) is 0 Å². The summed E-state index contributed by atoms with van der Waals surface area (Å²) >= 11 is 0. The van der Waals surface area contributed by atoms with E-state index >= 15 is 0 Å². The minimum absolute atomic E-state index is 0.0236. The van der Waals surface area contributed by atoms with E-state index in [0.29, 0.717) is 5.56 Å². The summed E-state index contributed by atoms with van der Waals surface area (Å²) < 4.78 is 19.3. The molecule has 0 radical (unpaired) electrons. The Kier molecular flexibility index (Phi) is 3.18. The molecule has 1 unspecified atom stereocenters. The molecule has 1 heterocycles. The van der Waals surface area contributed by atoms with E-state index in [1.54, 1.807) is 13.0 Å². The summed E-state index contributed by atoms with van der Waals surface area (Å²) in [5.41, 5.74) is 2.26. The number of hydrogen-bond acceptors (Lipinski definition) is 2. The van der Waals surface area contributed by atoms with Crippen LogP contribution in [0.5, 0.6) is 0 Å². The summed E-state index contributed by atoms with van der Waals surface area (Å²) in [6, 6.07) is 15.0. The lowest BCUT2D eigenvalue weighted by molar-refractivity contribution is 0.526. The molecule has 0 fully saturated rings. The molecule has 0 saturated carbocycles. The van der Waals surface area contributed by atoms with E-state index in [0.717, 1.165) is 22.4 Å². The van der Waals surface area contributed by atoms with Crippen LogP contribution in [0.2, 0.25) is 0 Å². The first-order chi connectivity index (χ1) is 9.63. The van der Waals surface area contributed by atoms with Crippen molar-refractivity contribution in [1.82, 2.24) is 0 Å². The Balaban J connectivity index is 1.84. The molecule has 3 aromatic rings. The maximum Gasteiger partial charge on any atom is 0.134 e. The number of fused-ring (bicyclic) bond motifs is 1. The van der Waals surface area contributed by atoms with Gasteiger partial charge in [0.2, 0.25) is 0 Å². The van der Waals surface area contributed by atoms with Gasteiger partial charge in [-0.3, -0.25) is 0 Å². The fourth-order valence-electron chi connectivity index (χ4n) is 2.22. The fourth-order valence-corrected chi connectivity index (χ4v) is 2.22. The molecule has 3 heteroatoms. The number of nitrogens with one attached hydrogen (secondary N) is 1. The maximum absolute atomic E-state index is 13.5. The number of benzene rings is 2. The Morgan fingerprint density at radius 1 is 1.10 bits per heavy atom. The van der Waals surface area contributed by atoms with Crippen molar-refractivity contribution >= 4 is 16.7 Å². The van der Waals surface area contributed by atoms with Crippen LogP contribution in [-0.4, -0.2) is 0 Å². The highest BCUT2D eigenvalue weighted by atomic mass is 19.1. The Hall–Kier alpha value is -2.29. The summed E-state index contributed by atoms with van der Waals surface area (Å²) in [5.74, 6) is 0.638. The lowest BCUT2D eigenvalue weighted by atomic mass is 10.2. The molecule has 1 atom stereocenters. The Morgan fingerprint density at radius 2 is 1.90 bits per heavy atom. The zero-order valence-electron chi connectivity index (χ0n) is 11.5. The SMILES string of the molecule is Cc1ccc(NC(C)c2cc3ccccc3o2)cc1F. The lowest BCUT2D eigenvalue weighted by Crippen LogP contribution is -2.05. The van der Waals surface area contributed by atoms with E-state index in [2.05, 4.69) is 5.32 Å². The van der Waals surface area contributed by atoms with Crippen molar-refractivity contribution in [3.05, 3.63) is 65.7 Å². The van der Waals surface area contributed by atoms with Gasteiger partial charge in [0.05, 0.1) is 6.04 Å². The van der Waals surface area contributed by atoms with E-state index < -0.39 is 0 Å². The van der Waals surface area contributed by atoms with Gasteiger partial charge in [-0.05, 0) is 43.7 Å². The van der Waals surface area contributed by atoms with Crippen LogP contribution in [0.15, 0.2) is 52.9 Å². The highest BCUT2D eigenvalue weighted by molar-refractivity contribution is 5.77. The molecule has 0 aliphatic rings. The second-order valence-corrected chi connectivity index (χ2v) is 5.02. The molecule has 0 amide bonds. The number of halogens is 1. The first-order valence-electron chi connectivity index (χ1n) is 6.64. The number of furan rings is 1. The van der Waals surface area contributed by atoms with Gasteiger partial charge in [-0.15, -0.1) is 0 Å². The largest absolute Gasteiger partial charge is 0.459 e. The zero-order valence-corrected chi connectivity index (χ0v) is 11.5. The van der Waals surface area contributed by atoms with Crippen molar-refractivity contribution in [2.75, 3.05) is 5.32 Å². The predicted molar refractivity (Wildman–Crippen MR) is 79.4 cm³/mol. The van der Waals surface area contributed by atoms with Crippen LogP contribution in [-0.2, 0) is 0 Å². The first kappa shape index (κ1) is 12.7. The first-order valence-corrected chi connectivity index (χ1v) is 6.64. The number of para-hydroxylation sites is 1. The summed E-state index contributed by atoms with van der Waals surface area (Å²) in [5, 5.41) is 4.33. The standard InChI is InChI=1S/C17H16FNO/c1-11-7-8-14(10-15(11)18)19-12(2)17-9-13-5-3-4-6-16(13)20-17/h3-10,12,19H,1-2H3. The van der Waals surface area contributed by atoms with E-state index in [4.69, 9.17) is 4.42 Å². The van der Waals surface area contributed by atoms with Gasteiger partial charge in [0, 0.05) is 11.1 Å². The molecule has 20 heavy (non-hydrogen) atoms. The average molecular weight is 269 g/mol. The van der Waals surface area contributed by atoms with E-state index in [1.807, 2.05) is 43.3 Å². The highest BCUT2D eigenvalue weighted by Crippen LogP contribution is 2.26. The molecule has 2 aromatic carbocycles. The van der Waals surface area contributed by atoms with Gasteiger partial charge in [0.15, 0.2) is 0 Å². The smallest absolute Gasteiger partial charge is 0.134 e. The fraction of sp³-hybridized carbons (Fsp3) is 0.176. The molecule has 0 saturated heterocycles. The van der Waals surface area contributed by atoms with Crippen LogP contribution in [0.1, 0.15) is 24.3 Å². The van der Waals surface area contributed by atoms with Crippen molar-refractivity contribution in [2.24, 2.45) is 0 Å². The normalized spacial score (nSPS) is 12.6.